The first-order valence-electron chi connectivity index (χ1n) is 3.65. The minimum atomic E-state index is -0.0176. The topological polar surface area (TPSA) is 37.4 Å². The van der Waals surface area contributed by atoms with E-state index < -0.39 is 0 Å². The summed E-state index contributed by atoms with van der Waals surface area (Å²) in [5.74, 6) is -0.0353. The molecule has 1 rings (SSSR count). The van der Waals surface area contributed by atoms with Crippen LogP contribution < -0.4 is 0 Å². The van der Waals surface area contributed by atoms with E-state index in [-0.39, 0.29) is 11.8 Å². The molecule has 0 radical (unpaired) electrons. The molecule has 0 saturated carbocycles. The fourth-order valence-corrected chi connectivity index (χ4v) is 1.34. The van der Waals surface area contributed by atoms with Crippen molar-refractivity contribution in [1.29, 1.82) is 0 Å². The first kappa shape index (κ1) is 8.71. The molecular weight excluding hydrogens is 210 g/mol. The van der Waals surface area contributed by atoms with Crippen molar-refractivity contribution in [2.24, 2.45) is 0 Å². The van der Waals surface area contributed by atoms with Crippen LogP contribution in [0.15, 0.2) is 0 Å². The van der Waals surface area contributed by atoms with Gasteiger partial charge in [-0.15, -0.1) is 0 Å². The largest absolute Gasteiger partial charge is 0.283 e. The Morgan fingerprint density at radius 2 is 1.82 bits per heavy atom. The summed E-state index contributed by atoms with van der Waals surface area (Å²) in [5.41, 5.74) is 0. The summed E-state index contributed by atoms with van der Waals surface area (Å²) in [7, 11) is 0. The molecule has 0 aromatic carbocycles. The van der Waals surface area contributed by atoms with Crippen molar-refractivity contribution in [3.63, 3.8) is 0 Å². The smallest absolute Gasteiger partial charge is 0.229 e. The quantitative estimate of drug-likeness (QED) is 0.523. The predicted molar refractivity (Wildman–Crippen MR) is 44.4 cm³/mol. The lowest BCUT2D eigenvalue weighted by molar-refractivity contribution is -0.138. The minimum Gasteiger partial charge on any atom is -0.283 e. The lowest BCUT2D eigenvalue weighted by atomic mass is 10.4. The fourth-order valence-electron chi connectivity index (χ4n) is 1.09. The second-order valence-electron chi connectivity index (χ2n) is 2.48. The van der Waals surface area contributed by atoms with Gasteiger partial charge in [-0.1, -0.05) is 15.9 Å². The van der Waals surface area contributed by atoms with Crippen LogP contribution in [0.2, 0.25) is 0 Å². The molecule has 0 bridgehead atoms. The summed E-state index contributed by atoms with van der Waals surface area (Å²) in [4.78, 5) is 23.3. The number of amides is 2. The molecule has 0 aromatic heterocycles. The molecule has 0 aliphatic carbocycles. The standard InChI is InChI=1S/C7H10BrNO2/c8-4-1-5-9-6(10)2-3-7(9)11/h1-5H2. The zero-order valence-electron chi connectivity index (χ0n) is 6.18. The van der Waals surface area contributed by atoms with Crippen molar-refractivity contribution in [1.82, 2.24) is 4.90 Å². The van der Waals surface area contributed by atoms with Crippen LogP contribution in [0.1, 0.15) is 19.3 Å². The Kier molecular flexibility index (Phi) is 3.05. The van der Waals surface area contributed by atoms with Crippen LogP contribution in [-0.4, -0.2) is 28.6 Å². The first-order valence-corrected chi connectivity index (χ1v) is 4.77. The van der Waals surface area contributed by atoms with E-state index in [0.717, 1.165) is 11.8 Å². The van der Waals surface area contributed by atoms with Crippen LogP contribution in [0, 0.1) is 0 Å². The summed E-state index contributed by atoms with van der Waals surface area (Å²) in [6.07, 6.45) is 1.65. The summed E-state index contributed by atoms with van der Waals surface area (Å²) in [6, 6.07) is 0. The van der Waals surface area contributed by atoms with Gasteiger partial charge < -0.3 is 0 Å². The Labute approximate surface area is 73.9 Å². The number of carbonyl (C=O) groups is 2. The Morgan fingerprint density at radius 3 is 2.27 bits per heavy atom. The Morgan fingerprint density at radius 1 is 1.27 bits per heavy atom. The third kappa shape index (κ3) is 2.02. The Balaban J connectivity index is 2.41. The van der Waals surface area contributed by atoms with E-state index in [0.29, 0.717) is 19.4 Å². The van der Waals surface area contributed by atoms with Gasteiger partial charge in [0.2, 0.25) is 11.8 Å². The van der Waals surface area contributed by atoms with Crippen LogP contribution >= 0.6 is 15.9 Å². The highest BCUT2D eigenvalue weighted by atomic mass is 79.9. The van der Waals surface area contributed by atoms with Gasteiger partial charge in [0.25, 0.3) is 0 Å². The number of hydrogen-bond acceptors (Lipinski definition) is 2. The highest BCUT2D eigenvalue weighted by Crippen LogP contribution is 2.11. The average Bonchev–Trinajstić information content (AvgIpc) is 2.29. The summed E-state index contributed by atoms with van der Waals surface area (Å²) < 4.78 is 0. The number of nitrogens with zero attached hydrogens (tertiary/aromatic N) is 1. The molecule has 11 heavy (non-hydrogen) atoms. The van der Waals surface area contributed by atoms with Crippen LogP contribution in [-0.2, 0) is 9.59 Å². The van der Waals surface area contributed by atoms with Crippen LogP contribution in [0.3, 0.4) is 0 Å². The van der Waals surface area contributed by atoms with Crippen molar-refractivity contribution >= 4 is 27.7 Å². The second-order valence-corrected chi connectivity index (χ2v) is 3.27. The lowest BCUT2D eigenvalue weighted by Gasteiger charge is -2.11. The van der Waals surface area contributed by atoms with Gasteiger partial charge in [-0.25, -0.2) is 0 Å². The molecule has 1 aliphatic rings. The molecule has 0 unspecified atom stereocenters. The SMILES string of the molecule is O=C1CCC(=O)N1CCCBr. The molecule has 0 atom stereocenters. The Hall–Kier alpha value is -0.380. The molecule has 1 saturated heterocycles. The normalized spacial score (nSPS) is 18.1. The van der Waals surface area contributed by atoms with Gasteiger partial charge in [0.1, 0.15) is 0 Å². The molecule has 0 spiro atoms. The van der Waals surface area contributed by atoms with Gasteiger partial charge in [0.05, 0.1) is 0 Å². The zero-order valence-corrected chi connectivity index (χ0v) is 7.76. The maximum Gasteiger partial charge on any atom is 0.229 e. The molecule has 1 fully saturated rings. The summed E-state index contributed by atoms with van der Waals surface area (Å²) in [6.45, 7) is 0.572. The third-order valence-corrected chi connectivity index (χ3v) is 2.23. The van der Waals surface area contributed by atoms with Crippen molar-refractivity contribution in [3.8, 4) is 0 Å². The highest BCUT2D eigenvalue weighted by molar-refractivity contribution is 9.09. The van der Waals surface area contributed by atoms with Gasteiger partial charge in [0, 0.05) is 24.7 Å². The van der Waals surface area contributed by atoms with E-state index in [1.807, 2.05) is 0 Å². The number of halogens is 1. The maximum absolute atomic E-state index is 11.0. The molecular formula is C7H10BrNO2. The van der Waals surface area contributed by atoms with Crippen LogP contribution in [0.5, 0.6) is 0 Å². The van der Waals surface area contributed by atoms with E-state index in [4.69, 9.17) is 0 Å². The average molecular weight is 220 g/mol. The molecule has 2 amide bonds. The monoisotopic (exact) mass is 219 g/mol. The number of alkyl halides is 1. The zero-order chi connectivity index (χ0) is 8.27. The molecule has 0 aromatic rings. The number of carbonyl (C=O) groups excluding carboxylic acids is 2. The number of likely N-dealkylation sites (tertiary alicyclic amines) is 1. The third-order valence-electron chi connectivity index (χ3n) is 1.67. The number of hydrogen-bond donors (Lipinski definition) is 0. The molecule has 1 aliphatic heterocycles. The highest BCUT2D eigenvalue weighted by Gasteiger charge is 2.27. The van der Waals surface area contributed by atoms with Crippen molar-refractivity contribution in [2.45, 2.75) is 19.3 Å². The molecule has 62 valence electrons. The van der Waals surface area contributed by atoms with Gasteiger partial charge in [-0.2, -0.15) is 0 Å². The van der Waals surface area contributed by atoms with Gasteiger partial charge in [-0.3, -0.25) is 14.5 Å². The van der Waals surface area contributed by atoms with Crippen LogP contribution in [0.4, 0.5) is 0 Å². The van der Waals surface area contributed by atoms with E-state index in [1.165, 1.54) is 4.90 Å². The van der Waals surface area contributed by atoms with E-state index >= 15 is 0 Å². The van der Waals surface area contributed by atoms with E-state index in [9.17, 15) is 9.59 Å². The molecule has 0 N–H and O–H groups in total. The molecule has 3 nitrogen and oxygen atoms in total. The lowest BCUT2D eigenvalue weighted by Crippen LogP contribution is -2.30. The van der Waals surface area contributed by atoms with Gasteiger partial charge in [-0.05, 0) is 6.42 Å². The first-order chi connectivity index (χ1) is 5.25. The van der Waals surface area contributed by atoms with Crippen molar-refractivity contribution in [3.05, 3.63) is 0 Å². The minimum absolute atomic E-state index is 0.0176. The molecule has 4 heteroatoms. The van der Waals surface area contributed by atoms with E-state index in [2.05, 4.69) is 15.9 Å². The van der Waals surface area contributed by atoms with Gasteiger partial charge >= 0.3 is 0 Å². The Bertz CT molecular complexity index is 165. The summed E-state index contributed by atoms with van der Waals surface area (Å²) in [5, 5.41) is 0.837. The second kappa shape index (κ2) is 3.85. The van der Waals surface area contributed by atoms with Gasteiger partial charge in [0.15, 0.2) is 0 Å². The predicted octanol–water partition coefficient (Wildman–Crippen LogP) is 0.920. The maximum atomic E-state index is 11.0. The fraction of sp³-hybridized carbons (Fsp3) is 0.714. The van der Waals surface area contributed by atoms with E-state index in [1.54, 1.807) is 0 Å². The van der Waals surface area contributed by atoms with Crippen molar-refractivity contribution in [2.75, 3.05) is 11.9 Å². The number of rotatable bonds is 3. The summed E-state index contributed by atoms with van der Waals surface area (Å²) >= 11 is 3.25. The molecule has 1 heterocycles. The number of imide groups is 1. The van der Waals surface area contributed by atoms with Crippen molar-refractivity contribution < 1.29 is 9.59 Å². The van der Waals surface area contributed by atoms with Crippen LogP contribution in [0.25, 0.3) is 0 Å².